The number of hydrogen-bond acceptors (Lipinski definition) is 3. The maximum absolute atomic E-state index is 11.2. The molecule has 18 heavy (non-hydrogen) atoms. The first-order valence-corrected chi connectivity index (χ1v) is 8.51. The van der Waals surface area contributed by atoms with E-state index in [1.54, 1.807) is 0 Å². The van der Waals surface area contributed by atoms with Gasteiger partial charge in [0.05, 0.1) is 21.5 Å². The van der Waals surface area contributed by atoms with Gasteiger partial charge in [-0.2, -0.15) is 0 Å². The van der Waals surface area contributed by atoms with Gasteiger partial charge >= 0.3 is 0 Å². The van der Waals surface area contributed by atoms with Crippen molar-refractivity contribution in [1.29, 1.82) is 0 Å². The number of ether oxygens (including phenoxy) is 1. The Hall–Kier alpha value is -0.160. The van der Waals surface area contributed by atoms with Gasteiger partial charge in [0.25, 0.3) is 9.05 Å². The average molecular weight is 330 g/mol. The molecule has 1 aliphatic rings. The van der Waals surface area contributed by atoms with E-state index in [-0.39, 0.29) is 14.9 Å². The molecule has 0 amide bonds. The maximum atomic E-state index is 11.2. The van der Waals surface area contributed by atoms with Crippen LogP contribution < -0.4 is 4.74 Å². The summed E-state index contributed by atoms with van der Waals surface area (Å²) >= 11 is 11.9. The van der Waals surface area contributed by atoms with Gasteiger partial charge in [0, 0.05) is 10.7 Å². The highest BCUT2D eigenvalue weighted by Crippen LogP contribution is 2.37. The maximum Gasteiger partial charge on any atom is 0.261 e. The molecule has 1 saturated carbocycles. The first kappa shape index (κ1) is 14.3. The normalized spacial score (nSPS) is 15.7. The molecule has 0 spiro atoms. The minimum Gasteiger partial charge on any atom is -0.490 e. The minimum absolute atomic E-state index is 0.131. The van der Waals surface area contributed by atoms with Gasteiger partial charge in [0.2, 0.25) is 0 Å². The van der Waals surface area contributed by atoms with Crippen LogP contribution in [0, 0.1) is 5.92 Å². The quantitative estimate of drug-likeness (QED) is 0.764. The van der Waals surface area contributed by atoms with Gasteiger partial charge in [-0.25, -0.2) is 8.42 Å². The lowest BCUT2D eigenvalue weighted by Crippen LogP contribution is -2.00. The third-order valence-electron chi connectivity index (χ3n) is 2.72. The van der Waals surface area contributed by atoms with Crippen LogP contribution in [0.3, 0.4) is 0 Å². The zero-order valence-electron chi connectivity index (χ0n) is 9.33. The van der Waals surface area contributed by atoms with Crippen molar-refractivity contribution in [3.63, 3.8) is 0 Å². The number of rotatable bonds is 5. The highest BCUT2D eigenvalue weighted by molar-refractivity contribution is 8.13. The fraction of sp³-hybridized carbons (Fsp3) is 0.455. The molecule has 0 unspecified atom stereocenters. The summed E-state index contributed by atoms with van der Waals surface area (Å²) in [6.07, 6.45) is 3.45. The minimum atomic E-state index is -3.84. The molecular weight excluding hydrogens is 319 g/mol. The summed E-state index contributed by atoms with van der Waals surface area (Å²) in [6, 6.07) is 2.48. The molecule has 0 aromatic heterocycles. The van der Waals surface area contributed by atoms with Gasteiger partial charge in [0.1, 0.15) is 0 Å². The zero-order chi connectivity index (χ0) is 13.3. The van der Waals surface area contributed by atoms with Crippen LogP contribution in [-0.2, 0) is 9.05 Å². The molecule has 0 radical (unpaired) electrons. The first-order chi connectivity index (χ1) is 8.38. The Labute approximate surface area is 120 Å². The van der Waals surface area contributed by atoms with Crippen molar-refractivity contribution in [2.24, 2.45) is 5.92 Å². The summed E-state index contributed by atoms with van der Waals surface area (Å²) in [6.45, 7) is 0.525. The molecule has 7 heteroatoms. The van der Waals surface area contributed by atoms with Crippen molar-refractivity contribution in [3.05, 3.63) is 22.2 Å². The molecule has 1 aromatic rings. The Morgan fingerprint density at radius 3 is 2.22 bits per heavy atom. The van der Waals surface area contributed by atoms with Crippen LogP contribution in [0.1, 0.15) is 19.3 Å². The van der Waals surface area contributed by atoms with E-state index in [1.165, 1.54) is 25.0 Å². The van der Waals surface area contributed by atoms with Crippen LogP contribution in [-0.4, -0.2) is 15.0 Å². The molecule has 0 saturated heterocycles. The van der Waals surface area contributed by atoms with Crippen molar-refractivity contribution in [2.45, 2.75) is 24.2 Å². The van der Waals surface area contributed by atoms with Crippen molar-refractivity contribution in [3.8, 4) is 5.75 Å². The number of benzene rings is 1. The lowest BCUT2D eigenvalue weighted by molar-refractivity contribution is 0.302. The van der Waals surface area contributed by atoms with Gasteiger partial charge in [-0.1, -0.05) is 36.0 Å². The Morgan fingerprint density at radius 2 is 1.78 bits per heavy atom. The predicted octanol–water partition coefficient (Wildman–Crippen LogP) is 4.10. The van der Waals surface area contributed by atoms with Crippen LogP contribution in [0.4, 0.5) is 0 Å². The van der Waals surface area contributed by atoms with Crippen molar-refractivity contribution < 1.29 is 13.2 Å². The Morgan fingerprint density at radius 1 is 1.22 bits per heavy atom. The van der Waals surface area contributed by atoms with E-state index in [0.717, 1.165) is 12.3 Å². The van der Waals surface area contributed by atoms with Crippen LogP contribution in [0.5, 0.6) is 5.75 Å². The van der Waals surface area contributed by atoms with E-state index in [4.69, 9.17) is 38.6 Å². The lowest BCUT2D eigenvalue weighted by Gasteiger charge is -2.10. The average Bonchev–Trinajstić information content (AvgIpc) is 3.04. The van der Waals surface area contributed by atoms with Crippen molar-refractivity contribution in [1.82, 2.24) is 0 Å². The molecule has 0 atom stereocenters. The Kier molecular flexibility index (Phi) is 4.32. The molecule has 2 rings (SSSR count). The van der Waals surface area contributed by atoms with E-state index in [2.05, 4.69) is 0 Å². The predicted molar refractivity (Wildman–Crippen MR) is 72.3 cm³/mol. The van der Waals surface area contributed by atoms with Gasteiger partial charge in [0.15, 0.2) is 5.75 Å². The highest BCUT2D eigenvalue weighted by Gasteiger charge is 2.22. The third kappa shape index (κ3) is 3.67. The number of halogens is 3. The molecule has 0 heterocycles. The second-order valence-corrected chi connectivity index (χ2v) is 7.61. The van der Waals surface area contributed by atoms with Gasteiger partial charge < -0.3 is 4.74 Å². The summed E-state index contributed by atoms with van der Waals surface area (Å²) in [4.78, 5) is -0.131. The van der Waals surface area contributed by atoms with E-state index in [0.29, 0.717) is 12.4 Å². The highest BCUT2D eigenvalue weighted by atomic mass is 35.7. The molecular formula is C11H11Cl3O3S. The molecule has 0 N–H and O–H groups in total. The topological polar surface area (TPSA) is 43.4 Å². The van der Waals surface area contributed by atoms with Crippen molar-refractivity contribution in [2.75, 3.05) is 6.61 Å². The standard InChI is InChI=1S/C11H11Cl3O3S/c12-9-5-8(18(14,15)16)6-10(13)11(9)17-4-3-7-1-2-7/h5-7H,1-4H2. The SMILES string of the molecule is O=S(=O)(Cl)c1cc(Cl)c(OCCC2CC2)c(Cl)c1. The molecule has 100 valence electrons. The fourth-order valence-electron chi connectivity index (χ4n) is 1.55. The summed E-state index contributed by atoms with van der Waals surface area (Å²) in [5.74, 6) is 1.05. The second kappa shape index (κ2) is 5.45. The Balaban J connectivity index is 2.15. The van der Waals surface area contributed by atoms with Crippen molar-refractivity contribution >= 4 is 42.9 Å². The second-order valence-electron chi connectivity index (χ2n) is 4.23. The molecule has 0 aliphatic heterocycles. The number of hydrogen-bond donors (Lipinski definition) is 0. The van der Waals surface area contributed by atoms with E-state index in [1.807, 2.05) is 0 Å². The smallest absolute Gasteiger partial charge is 0.261 e. The largest absolute Gasteiger partial charge is 0.490 e. The molecule has 1 aromatic carbocycles. The summed E-state index contributed by atoms with van der Waals surface area (Å²) in [5.41, 5.74) is 0. The molecule has 0 bridgehead atoms. The molecule has 1 fully saturated rings. The van der Waals surface area contributed by atoms with E-state index < -0.39 is 9.05 Å². The van der Waals surface area contributed by atoms with Crippen LogP contribution in [0.25, 0.3) is 0 Å². The van der Waals surface area contributed by atoms with E-state index in [9.17, 15) is 8.42 Å². The third-order valence-corrected chi connectivity index (χ3v) is 4.62. The summed E-state index contributed by atoms with van der Waals surface area (Å²) < 4.78 is 27.8. The van der Waals surface area contributed by atoms with Crippen LogP contribution in [0.2, 0.25) is 10.0 Å². The lowest BCUT2D eigenvalue weighted by atomic mass is 10.3. The Bertz CT molecular complexity index is 530. The first-order valence-electron chi connectivity index (χ1n) is 5.44. The van der Waals surface area contributed by atoms with Crippen LogP contribution in [0.15, 0.2) is 17.0 Å². The van der Waals surface area contributed by atoms with Gasteiger partial charge in [-0.05, 0) is 24.5 Å². The molecule has 1 aliphatic carbocycles. The van der Waals surface area contributed by atoms with Gasteiger partial charge in [-0.3, -0.25) is 0 Å². The monoisotopic (exact) mass is 328 g/mol. The zero-order valence-corrected chi connectivity index (χ0v) is 12.4. The van der Waals surface area contributed by atoms with Gasteiger partial charge in [-0.15, -0.1) is 0 Å². The van der Waals surface area contributed by atoms with E-state index >= 15 is 0 Å². The fourth-order valence-corrected chi connectivity index (χ4v) is 3.06. The summed E-state index contributed by atoms with van der Waals surface area (Å²) in [7, 11) is 1.38. The van der Waals surface area contributed by atoms with Crippen LogP contribution >= 0.6 is 33.9 Å². The summed E-state index contributed by atoms with van der Waals surface area (Å²) in [5, 5.41) is 0.301. The molecule has 3 nitrogen and oxygen atoms in total.